The largest absolute Gasteiger partial charge is 0.495 e. The summed E-state index contributed by atoms with van der Waals surface area (Å²) in [4.78, 5) is 13.6. The zero-order valence-corrected chi connectivity index (χ0v) is 22.8. The Morgan fingerprint density at radius 1 is 1.08 bits per heavy atom. The summed E-state index contributed by atoms with van der Waals surface area (Å²) >= 11 is 0. The van der Waals surface area contributed by atoms with Crippen molar-refractivity contribution in [1.82, 2.24) is 19.4 Å². The van der Waals surface area contributed by atoms with Gasteiger partial charge in [-0.3, -0.25) is 9.71 Å². The topological polar surface area (TPSA) is 92.6 Å². The highest BCUT2D eigenvalue weighted by molar-refractivity contribution is 7.92. The maximum absolute atomic E-state index is 15.8. The molecule has 0 atom stereocenters. The van der Waals surface area contributed by atoms with Crippen molar-refractivity contribution in [3.63, 3.8) is 0 Å². The lowest BCUT2D eigenvalue weighted by atomic mass is 10.1. The van der Waals surface area contributed by atoms with Crippen molar-refractivity contribution in [1.29, 1.82) is 0 Å². The molecule has 0 amide bonds. The highest BCUT2D eigenvalue weighted by Crippen LogP contribution is 2.36. The first-order chi connectivity index (χ1) is 18.7. The van der Waals surface area contributed by atoms with E-state index in [1.165, 1.54) is 11.7 Å². The van der Waals surface area contributed by atoms with Gasteiger partial charge in [-0.25, -0.2) is 22.2 Å². The van der Waals surface area contributed by atoms with E-state index in [1.807, 2.05) is 6.07 Å². The molecule has 1 aliphatic heterocycles. The molecule has 12 heteroatoms. The van der Waals surface area contributed by atoms with E-state index in [4.69, 9.17) is 9.72 Å². The number of aromatic nitrogens is 3. The van der Waals surface area contributed by atoms with Gasteiger partial charge >= 0.3 is 0 Å². The van der Waals surface area contributed by atoms with Crippen LogP contribution >= 0.6 is 0 Å². The number of benzene rings is 1. The fourth-order valence-corrected chi connectivity index (χ4v) is 5.84. The Labute approximate surface area is 226 Å². The van der Waals surface area contributed by atoms with Crippen molar-refractivity contribution in [3.05, 3.63) is 60.6 Å². The maximum Gasteiger partial charge on any atom is 0.232 e. The molecular formula is C27H30F2N6O3S. The average molecular weight is 557 g/mol. The number of pyridine rings is 2. The van der Waals surface area contributed by atoms with E-state index in [0.29, 0.717) is 34.3 Å². The van der Waals surface area contributed by atoms with Gasteiger partial charge in [0.1, 0.15) is 23.1 Å². The van der Waals surface area contributed by atoms with Gasteiger partial charge in [0.05, 0.1) is 35.8 Å². The number of likely N-dealkylation sites (N-methyl/N-ethyl adjacent to an activating group) is 1. The number of nitrogens with zero attached hydrogens (tertiary/aromatic N) is 5. The van der Waals surface area contributed by atoms with Gasteiger partial charge in [-0.2, -0.15) is 0 Å². The molecule has 1 fully saturated rings. The summed E-state index contributed by atoms with van der Waals surface area (Å²) in [6, 6.07) is 7.52. The van der Waals surface area contributed by atoms with Gasteiger partial charge in [0.2, 0.25) is 10.0 Å². The molecule has 5 rings (SSSR count). The minimum atomic E-state index is -3.79. The molecule has 4 aromatic rings. The minimum Gasteiger partial charge on any atom is -0.495 e. The Bertz CT molecular complexity index is 1620. The predicted octanol–water partition coefficient (Wildman–Crippen LogP) is 4.28. The lowest BCUT2D eigenvalue weighted by Crippen LogP contribution is -2.44. The van der Waals surface area contributed by atoms with Gasteiger partial charge in [0.25, 0.3) is 0 Å². The Kier molecular flexibility index (Phi) is 7.41. The number of ether oxygens (including phenoxy) is 1. The quantitative estimate of drug-likeness (QED) is 0.346. The number of rotatable bonds is 8. The molecule has 9 nitrogen and oxygen atoms in total. The summed E-state index contributed by atoms with van der Waals surface area (Å²) in [7, 11) is -0.192. The van der Waals surface area contributed by atoms with Crippen LogP contribution in [0.15, 0.2) is 48.9 Å². The second kappa shape index (κ2) is 10.8. The van der Waals surface area contributed by atoms with Crippen LogP contribution in [0.5, 0.6) is 5.75 Å². The van der Waals surface area contributed by atoms with Crippen LogP contribution < -0.4 is 14.4 Å². The molecule has 0 radical (unpaired) electrons. The average Bonchev–Trinajstić information content (AvgIpc) is 3.29. The van der Waals surface area contributed by atoms with Crippen LogP contribution in [0.1, 0.15) is 13.3 Å². The number of hydrogen-bond donors (Lipinski definition) is 1. The number of halogens is 2. The van der Waals surface area contributed by atoms with Gasteiger partial charge in [0, 0.05) is 49.7 Å². The fourth-order valence-electron chi connectivity index (χ4n) is 4.71. The molecule has 4 heterocycles. The van der Waals surface area contributed by atoms with Crippen LogP contribution in [0.25, 0.3) is 27.8 Å². The van der Waals surface area contributed by atoms with E-state index in [-0.39, 0.29) is 11.4 Å². The van der Waals surface area contributed by atoms with Crippen LogP contribution in [-0.4, -0.2) is 73.9 Å². The van der Waals surface area contributed by atoms with Gasteiger partial charge < -0.3 is 19.1 Å². The molecule has 0 spiro atoms. The smallest absolute Gasteiger partial charge is 0.232 e. The number of hydrogen-bond acceptors (Lipinski definition) is 7. The van der Waals surface area contributed by atoms with E-state index >= 15 is 8.78 Å². The van der Waals surface area contributed by atoms with Gasteiger partial charge in [-0.05, 0) is 43.8 Å². The Hall–Kier alpha value is -3.77. The number of piperazine rings is 1. The maximum atomic E-state index is 15.8. The molecular weight excluding hydrogens is 526 g/mol. The van der Waals surface area contributed by atoms with Crippen LogP contribution in [0.2, 0.25) is 0 Å². The van der Waals surface area contributed by atoms with Crippen LogP contribution in [0, 0.1) is 11.6 Å². The first-order valence-electron chi connectivity index (χ1n) is 12.6. The van der Waals surface area contributed by atoms with E-state index in [2.05, 4.69) is 26.6 Å². The molecule has 1 aliphatic rings. The normalized spacial score (nSPS) is 14.6. The summed E-state index contributed by atoms with van der Waals surface area (Å²) in [6.45, 7) is 5.09. The third-order valence-corrected chi connectivity index (χ3v) is 8.24. The Morgan fingerprint density at radius 2 is 1.85 bits per heavy atom. The van der Waals surface area contributed by atoms with E-state index in [9.17, 15) is 8.42 Å². The standard InChI is InChI=1S/C27H30F2N6O3S/c1-4-13-39(36,37)32-22-6-5-21(28)27(25(22)29)35-17-20(18-14-19(38-3)16-30-15-18)26-23(35)7-8-24(31-26)34-11-9-33(2)10-12-34/h5-8,14-17,32H,4,9-13H2,1-3H3. The highest BCUT2D eigenvalue weighted by atomic mass is 32.2. The summed E-state index contributed by atoms with van der Waals surface area (Å²) in [6.07, 6.45) is 5.14. The molecule has 206 valence electrons. The molecule has 0 aliphatic carbocycles. The minimum absolute atomic E-state index is 0.183. The van der Waals surface area contributed by atoms with E-state index in [0.717, 1.165) is 44.1 Å². The lowest BCUT2D eigenvalue weighted by molar-refractivity contribution is 0.312. The summed E-state index contributed by atoms with van der Waals surface area (Å²) < 4.78 is 64.7. The molecule has 0 saturated carbocycles. The SMILES string of the molecule is CCCS(=O)(=O)Nc1ccc(F)c(-n2cc(-c3cncc(OC)c3)c3nc(N4CCN(C)CC4)ccc32)c1F. The molecule has 39 heavy (non-hydrogen) atoms. The van der Waals surface area contributed by atoms with Gasteiger partial charge in [-0.15, -0.1) is 0 Å². The third kappa shape index (κ3) is 5.39. The third-order valence-electron chi connectivity index (χ3n) is 6.77. The highest BCUT2D eigenvalue weighted by Gasteiger charge is 2.24. The predicted molar refractivity (Wildman–Crippen MR) is 148 cm³/mol. The fraction of sp³-hybridized carbons (Fsp3) is 0.333. The van der Waals surface area contributed by atoms with Crippen LogP contribution in [-0.2, 0) is 10.0 Å². The lowest BCUT2D eigenvalue weighted by Gasteiger charge is -2.33. The first-order valence-corrected chi connectivity index (χ1v) is 14.3. The molecule has 1 N–H and O–H groups in total. The van der Waals surface area contributed by atoms with Crippen molar-refractivity contribution in [2.45, 2.75) is 13.3 Å². The van der Waals surface area contributed by atoms with Crippen LogP contribution in [0.4, 0.5) is 20.3 Å². The Morgan fingerprint density at radius 3 is 2.56 bits per heavy atom. The van der Waals surface area contributed by atoms with Crippen molar-refractivity contribution in [3.8, 4) is 22.6 Å². The van der Waals surface area contributed by atoms with Gasteiger partial charge in [-0.1, -0.05) is 6.92 Å². The van der Waals surface area contributed by atoms with Crippen molar-refractivity contribution in [2.24, 2.45) is 0 Å². The summed E-state index contributed by atoms with van der Waals surface area (Å²) in [5.41, 5.74) is 1.50. The van der Waals surface area contributed by atoms with Crippen molar-refractivity contribution in [2.75, 3.05) is 55.7 Å². The van der Waals surface area contributed by atoms with E-state index < -0.39 is 27.3 Å². The second-order valence-corrected chi connectivity index (χ2v) is 11.4. The number of methoxy groups -OCH3 is 1. The monoisotopic (exact) mass is 556 g/mol. The van der Waals surface area contributed by atoms with Crippen molar-refractivity contribution < 1.29 is 21.9 Å². The van der Waals surface area contributed by atoms with E-state index in [1.54, 1.807) is 37.6 Å². The number of anilines is 2. The van der Waals surface area contributed by atoms with Crippen LogP contribution in [0.3, 0.4) is 0 Å². The zero-order chi connectivity index (χ0) is 27.7. The zero-order valence-electron chi connectivity index (χ0n) is 22.0. The molecule has 3 aromatic heterocycles. The molecule has 1 saturated heterocycles. The van der Waals surface area contributed by atoms with Crippen molar-refractivity contribution >= 4 is 32.6 Å². The second-order valence-electron chi connectivity index (χ2n) is 9.53. The first kappa shape index (κ1) is 26.8. The molecule has 0 unspecified atom stereocenters. The number of sulfonamides is 1. The Balaban J connectivity index is 1.69. The summed E-state index contributed by atoms with van der Waals surface area (Å²) in [5.74, 6) is -0.774. The molecule has 1 aromatic carbocycles. The number of nitrogens with one attached hydrogen (secondary N) is 1. The van der Waals surface area contributed by atoms with Gasteiger partial charge in [0.15, 0.2) is 5.82 Å². The molecule has 0 bridgehead atoms. The number of fused-ring (bicyclic) bond motifs is 1. The summed E-state index contributed by atoms with van der Waals surface area (Å²) in [5, 5.41) is 0.